The topological polar surface area (TPSA) is 43.1 Å². The standard InChI is InChI=1S/C13H22N4/c1-9(2)11(14-7)8-17-10(3)15-16-12(17)13(4,5)6/h8-9H,7H2,1-6H3/b11-8-. The van der Waals surface area contributed by atoms with Crippen LogP contribution in [0.1, 0.15) is 46.3 Å². The summed E-state index contributed by atoms with van der Waals surface area (Å²) in [6.07, 6.45) is 1.98. The van der Waals surface area contributed by atoms with Crippen LogP contribution in [0, 0.1) is 12.8 Å². The Morgan fingerprint density at radius 2 is 1.94 bits per heavy atom. The minimum atomic E-state index is -0.0407. The smallest absolute Gasteiger partial charge is 0.142 e. The molecule has 0 bridgehead atoms. The van der Waals surface area contributed by atoms with Crippen molar-refractivity contribution in [2.24, 2.45) is 10.9 Å². The van der Waals surface area contributed by atoms with E-state index in [0.717, 1.165) is 17.3 Å². The maximum absolute atomic E-state index is 4.24. The Morgan fingerprint density at radius 1 is 1.35 bits per heavy atom. The molecule has 1 rings (SSSR count). The Balaban J connectivity index is 3.31. The molecule has 0 spiro atoms. The van der Waals surface area contributed by atoms with Crippen LogP contribution in [-0.2, 0) is 5.41 Å². The summed E-state index contributed by atoms with van der Waals surface area (Å²) < 4.78 is 2.00. The first-order valence-corrected chi connectivity index (χ1v) is 5.87. The molecule has 0 aliphatic rings. The van der Waals surface area contributed by atoms with E-state index in [-0.39, 0.29) is 5.41 Å². The Kier molecular flexibility index (Phi) is 3.86. The maximum Gasteiger partial charge on any atom is 0.142 e. The van der Waals surface area contributed by atoms with Gasteiger partial charge in [0, 0.05) is 11.6 Å². The van der Waals surface area contributed by atoms with Crippen LogP contribution < -0.4 is 0 Å². The minimum absolute atomic E-state index is 0.0407. The van der Waals surface area contributed by atoms with Gasteiger partial charge >= 0.3 is 0 Å². The highest BCUT2D eigenvalue weighted by Crippen LogP contribution is 2.22. The summed E-state index contributed by atoms with van der Waals surface area (Å²) in [5, 5.41) is 8.38. The van der Waals surface area contributed by atoms with Gasteiger partial charge in [-0.05, 0) is 19.6 Å². The zero-order valence-corrected chi connectivity index (χ0v) is 11.7. The molecule has 0 unspecified atom stereocenters. The van der Waals surface area contributed by atoms with Crippen LogP contribution in [0.3, 0.4) is 0 Å². The van der Waals surface area contributed by atoms with Crippen molar-refractivity contribution < 1.29 is 0 Å². The molecule has 4 heteroatoms. The largest absolute Gasteiger partial charge is 0.288 e. The van der Waals surface area contributed by atoms with E-state index < -0.39 is 0 Å². The van der Waals surface area contributed by atoms with E-state index >= 15 is 0 Å². The van der Waals surface area contributed by atoms with E-state index in [1.807, 2.05) is 17.7 Å². The second-order valence-electron chi connectivity index (χ2n) is 5.56. The molecule has 0 fully saturated rings. The van der Waals surface area contributed by atoms with Crippen molar-refractivity contribution in [2.45, 2.75) is 47.0 Å². The summed E-state index contributed by atoms with van der Waals surface area (Å²) in [5.41, 5.74) is 0.902. The molecule has 0 N–H and O–H groups in total. The Morgan fingerprint density at radius 3 is 2.35 bits per heavy atom. The second-order valence-corrected chi connectivity index (χ2v) is 5.56. The summed E-state index contributed by atoms with van der Waals surface area (Å²) >= 11 is 0. The number of hydrogen-bond donors (Lipinski definition) is 0. The first-order chi connectivity index (χ1) is 7.77. The molecule has 1 aromatic rings. The molecule has 0 atom stereocenters. The molecule has 0 saturated carbocycles. The minimum Gasteiger partial charge on any atom is -0.288 e. The fourth-order valence-corrected chi connectivity index (χ4v) is 1.54. The van der Waals surface area contributed by atoms with Gasteiger partial charge in [0.1, 0.15) is 11.6 Å². The zero-order valence-electron chi connectivity index (χ0n) is 11.7. The number of allylic oxidation sites excluding steroid dienone is 1. The third-order valence-corrected chi connectivity index (χ3v) is 2.57. The highest BCUT2D eigenvalue weighted by atomic mass is 15.3. The molecule has 4 nitrogen and oxygen atoms in total. The lowest BCUT2D eigenvalue weighted by Gasteiger charge is -2.18. The van der Waals surface area contributed by atoms with Crippen molar-refractivity contribution in [3.63, 3.8) is 0 Å². The van der Waals surface area contributed by atoms with Gasteiger partial charge in [0.15, 0.2) is 0 Å². The highest BCUT2D eigenvalue weighted by molar-refractivity contribution is 5.40. The molecule has 0 aliphatic heterocycles. The van der Waals surface area contributed by atoms with Gasteiger partial charge in [0.05, 0.1) is 5.70 Å². The van der Waals surface area contributed by atoms with Gasteiger partial charge in [-0.15, -0.1) is 10.2 Å². The Hall–Kier alpha value is -1.45. The number of hydrogen-bond acceptors (Lipinski definition) is 3. The fraction of sp³-hybridized carbons (Fsp3) is 0.615. The molecule has 0 aromatic carbocycles. The zero-order chi connectivity index (χ0) is 13.2. The second kappa shape index (κ2) is 4.82. The molecule has 0 aliphatic carbocycles. The maximum atomic E-state index is 4.24. The van der Waals surface area contributed by atoms with Gasteiger partial charge in [-0.1, -0.05) is 34.6 Å². The van der Waals surface area contributed by atoms with Crippen LogP contribution in [0.2, 0.25) is 0 Å². The van der Waals surface area contributed by atoms with Gasteiger partial charge in [0.2, 0.25) is 0 Å². The fourth-order valence-electron chi connectivity index (χ4n) is 1.54. The van der Waals surface area contributed by atoms with E-state index in [2.05, 4.69) is 56.5 Å². The van der Waals surface area contributed by atoms with Crippen LogP contribution in [0.15, 0.2) is 10.7 Å². The summed E-state index contributed by atoms with van der Waals surface area (Å²) in [5.74, 6) is 2.15. The monoisotopic (exact) mass is 234 g/mol. The van der Waals surface area contributed by atoms with Crippen molar-refractivity contribution in [1.29, 1.82) is 0 Å². The highest BCUT2D eigenvalue weighted by Gasteiger charge is 2.22. The third-order valence-electron chi connectivity index (χ3n) is 2.57. The van der Waals surface area contributed by atoms with Gasteiger partial charge in [0.25, 0.3) is 0 Å². The number of nitrogens with zero attached hydrogens (tertiary/aromatic N) is 4. The van der Waals surface area contributed by atoms with E-state index in [1.165, 1.54) is 0 Å². The van der Waals surface area contributed by atoms with E-state index in [1.54, 1.807) is 0 Å². The number of aliphatic imine (C=N–C) groups is 1. The molecule has 0 amide bonds. The lowest BCUT2D eigenvalue weighted by atomic mass is 9.95. The third kappa shape index (κ3) is 3.02. The Labute approximate surface area is 103 Å². The molecule has 17 heavy (non-hydrogen) atoms. The van der Waals surface area contributed by atoms with Gasteiger partial charge in [-0.25, -0.2) is 0 Å². The predicted octanol–water partition coefficient (Wildman–Crippen LogP) is 3.04. The van der Waals surface area contributed by atoms with Crippen LogP contribution in [0.4, 0.5) is 0 Å². The van der Waals surface area contributed by atoms with Crippen molar-refractivity contribution in [3.8, 4) is 0 Å². The summed E-state index contributed by atoms with van der Waals surface area (Å²) in [6.45, 7) is 16.1. The van der Waals surface area contributed by atoms with Crippen molar-refractivity contribution in [1.82, 2.24) is 14.8 Å². The SMILES string of the molecule is C=N/C(=C\n1c(C)nnc1C(C)(C)C)C(C)C. The normalized spacial score (nSPS) is 13.2. The van der Waals surface area contributed by atoms with Crippen LogP contribution in [0.5, 0.6) is 0 Å². The lowest BCUT2D eigenvalue weighted by Crippen LogP contribution is -2.17. The lowest BCUT2D eigenvalue weighted by molar-refractivity contribution is 0.535. The van der Waals surface area contributed by atoms with Gasteiger partial charge in [-0.2, -0.15) is 0 Å². The molecular formula is C13H22N4. The van der Waals surface area contributed by atoms with Crippen LogP contribution in [-0.4, -0.2) is 21.5 Å². The quantitative estimate of drug-likeness (QED) is 0.754. The number of rotatable bonds is 3. The molecule has 1 heterocycles. The van der Waals surface area contributed by atoms with Gasteiger partial charge < -0.3 is 0 Å². The predicted molar refractivity (Wildman–Crippen MR) is 72.1 cm³/mol. The van der Waals surface area contributed by atoms with Crippen LogP contribution in [0.25, 0.3) is 6.20 Å². The van der Waals surface area contributed by atoms with Crippen LogP contribution >= 0.6 is 0 Å². The summed E-state index contributed by atoms with van der Waals surface area (Å²) in [7, 11) is 0. The van der Waals surface area contributed by atoms with Crippen molar-refractivity contribution in [2.75, 3.05) is 0 Å². The Bertz CT molecular complexity index is 433. The summed E-state index contributed by atoms with van der Waals surface area (Å²) in [4.78, 5) is 4.06. The van der Waals surface area contributed by atoms with E-state index in [4.69, 9.17) is 0 Å². The molecule has 94 valence electrons. The first-order valence-electron chi connectivity index (χ1n) is 5.87. The van der Waals surface area contributed by atoms with Gasteiger partial charge in [-0.3, -0.25) is 9.56 Å². The van der Waals surface area contributed by atoms with Crippen molar-refractivity contribution in [3.05, 3.63) is 17.3 Å². The molecule has 1 aromatic heterocycles. The van der Waals surface area contributed by atoms with E-state index in [9.17, 15) is 0 Å². The first kappa shape index (κ1) is 13.6. The average molecular weight is 234 g/mol. The molecule has 0 radical (unpaired) electrons. The number of aryl methyl sites for hydroxylation is 1. The molecular weight excluding hydrogens is 212 g/mol. The summed E-state index contributed by atoms with van der Waals surface area (Å²) in [6, 6.07) is 0. The average Bonchev–Trinajstić information content (AvgIpc) is 2.55. The number of aromatic nitrogens is 3. The van der Waals surface area contributed by atoms with E-state index in [0.29, 0.717) is 5.92 Å². The van der Waals surface area contributed by atoms with Crippen molar-refractivity contribution >= 4 is 12.9 Å². The molecule has 0 saturated heterocycles.